The highest BCUT2D eigenvalue weighted by Gasteiger charge is 2.45. The summed E-state index contributed by atoms with van der Waals surface area (Å²) in [5.74, 6) is 0. The van der Waals surface area contributed by atoms with Gasteiger partial charge in [-0.15, -0.1) is 0 Å². The number of aromatic nitrogens is 4. The lowest BCUT2D eigenvalue weighted by Crippen LogP contribution is -2.35. The number of hydrogen-bond acceptors (Lipinski definition) is 9. The molecular weight excluding hydrogens is 390 g/mol. The molecule has 4 rings (SSSR count). The molecule has 12 heteroatoms. The monoisotopic (exact) mass is 407 g/mol. The molecule has 0 saturated carbocycles. The van der Waals surface area contributed by atoms with Gasteiger partial charge in [0.2, 0.25) is 0 Å². The van der Waals surface area contributed by atoms with Gasteiger partial charge in [-0.3, -0.25) is 8.75 Å². The fraction of sp³-hybridized carbons (Fsp3) is 0.312. The van der Waals surface area contributed by atoms with Crippen LogP contribution in [0.4, 0.5) is 0 Å². The van der Waals surface area contributed by atoms with Crippen molar-refractivity contribution in [2.24, 2.45) is 5.14 Å². The lowest BCUT2D eigenvalue weighted by Gasteiger charge is -2.16. The zero-order chi connectivity index (χ0) is 19.9. The molecule has 0 unspecified atom stereocenters. The molecule has 1 aromatic carbocycles. The van der Waals surface area contributed by atoms with E-state index >= 15 is 0 Å². The molecule has 3 heterocycles. The van der Waals surface area contributed by atoms with Gasteiger partial charge in [0.15, 0.2) is 11.9 Å². The maximum absolute atomic E-state index is 11.0. The molecule has 0 amide bonds. The molecule has 0 aliphatic carbocycles. The van der Waals surface area contributed by atoms with E-state index in [0.29, 0.717) is 16.9 Å². The summed E-state index contributed by atoms with van der Waals surface area (Å²) in [6.07, 6.45) is -2.13. The van der Waals surface area contributed by atoms with Gasteiger partial charge < -0.3 is 14.9 Å². The summed E-state index contributed by atoms with van der Waals surface area (Å²) in [7, 11) is -4.21. The van der Waals surface area contributed by atoms with E-state index in [2.05, 4.69) is 19.1 Å². The van der Waals surface area contributed by atoms with Crippen LogP contribution >= 0.6 is 0 Å². The van der Waals surface area contributed by atoms with Crippen LogP contribution in [0.15, 0.2) is 43.0 Å². The summed E-state index contributed by atoms with van der Waals surface area (Å²) >= 11 is 0. The molecule has 0 spiro atoms. The van der Waals surface area contributed by atoms with E-state index in [0.717, 1.165) is 5.56 Å². The highest BCUT2D eigenvalue weighted by molar-refractivity contribution is 7.84. The molecule has 1 aliphatic rings. The predicted molar refractivity (Wildman–Crippen MR) is 95.7 cm³/mol. The van der Waals surface area contributed by atoms with Crippen LogP contribution in [-0.2, 0) is 19.2 Å². The van der Waals surface area contributed by atoms with Crippen molar-refractivity contribution in [2.45, 2.75) is 24.5 Å². The van der Waals surface area contributed by atoms with E-state index < -0.39 is 41.5 Å². The molecular formula is C16H17N5O6S. The molecule has 28 heavy (non-hydrogen) atoms. The molecule has 148 valence electrons. The van der Waals surface area contributed by atoms with E-state index in [1.54, 1.807) is 0 Å². The SMILES string of the molecule is NS(=O)(=O)OC[C@H]1O[C@@H](n2cnc3c(-c4ccccc4)ncnc32)[C@H](O)[C@@H]1O. The van der Waals surface area contributed by atoms with Gasteiger partial charge in [0.05, 0.1) is 12.9 Å². The zero-order valence-electron chi connectivity index (χ0n) is 14.4. The van der Waals surface area contributed by atoms with Crippen molar-refractivity contribution in [3.63, 3.8) is 0 Å². The van der Waals surface area contributed by atoms with Gasteiger partial charge in [-0.1, -0.05) is 30.3 Å². The molecule has 3 aromatic rings. The molecule has 0 radical (unpaired) electrons. The van der Waals surface area contributed by atoms with E-state index in [1.807, 2.05) is 30.3 Å². The second kappa shape index (κ2) is 7.16. The van der Waals surface area contributed by atoms with Crippen molar-refractivity contribution >= 4 is 21.5 Å². The molecule has 1 fully saturated rings. The van der Waals surface area contributed by atoms with Gasteiger partial charge in [-0.25, -0.2) is 20.1 Å². The van der Waals surface area contributed by atoms with Crippen LogP contribution in [0.1, 0.15) is 6.23 Å². The number of aliphatic hydroxyl groups excluding tert-OH is 2. The lowest BCUT2D eigenvalue weighted by molar-refractivity contribution is -0.0467. The minimum Gasteiger partial charge on any atom is -0.387 e. The highest BCUT2D eigenvalue weighted by atomic mass is 32.2. The number of imidazole rings is 1. The minimum absolute atomic E-state index is 0.387. The van der Waals surface area contributed by atoms with Crippen LogP contribution in [0.3, 0.4) is 0 Å². The van der Waals surface area contributed by atoms with Gasteiger partial charge in [0.25, 0.3) is 0 Å². The summed E-state index contributed by atoms with van der Waals surface area (Å²) in [5.41, 5.74) is 2.32. The first-order valence-electron chi connectivity index (χ1n) is 8.27. The van der Waals surface area contributed by atoms with Crippen LogP contribution in [0, 0.1) is 0 Å². The van der Waals surface area contributed by atoms with Crippen molar-refractivity contribution in [1.29, 1.82) is 0 Å². The third kappa shape index (κ3) is 3.48. The van der Waals surface area contributed by atoms with Gasteiger partial charge >= 0.3 is 10.3 Å². The van der Waals surface area contributed by atoms with Crippen molar-refractivity contribution in [2.75, 3.05) is 6.61 Å². The second-order valence-corrected chi connectivity index (χ2v) is 7.46. The van der Waals surface area contributed by atoms with Gasteiger partial charge in [-0.2, -0.15) is 8.42 Å². The Hall–Kier alpha value is -2.48. The first-order chi connectivity index (χ1) is 13.3. The number of fused-ring (bicyclic) bond motifs is 1. The number of nitrogens with two attached hydrogens (primary N) is 1. The third-order valence-corrected chi connectivity index (χ3v) is 4.88. The Morgan fingerprint density at radius 2 is 1.89 bits per heavy atom. The normalized spacial score (nSPS) is 25.4. The van der Waals surface area contributed by atoms with E-state index in [9.17, 15) is 18.6 Å². The standard InChI is InChI=1S/C16H17N5O6S/c17-28(24,25)26-6-10-13(22)14(23)16(27-10)21-8-20-12-11(18-7-19-15(12)21)9-4-2-1-3-5-9/h1-5,7-8,10,13-14,16,22-23H,6H2,(H2,17,24,25)/t10-,13-,14-,16-/m1/s1. The second-order valence-electron chi connectivity index (χ2n) is 6.24. The smallest absolute Gasteiger partial charge is 0.333 e. The first-order valence-corrected chi connectivity index (χ1v) is 9.74. The molecule has 11 nitrogen and oxygen atoms in total. The number of hydrogen-bond donors (Lipinski definition) is 3. The van der Waals surface area contributed by atoms with Crippen molar-refractivity contribution in [3.05, 3.63) is 43.0 Å². The van der Waals surface area contributed by atoms with Gasteiger partial charge in [0, 0.05) is 5.56 Å². The lowest BCUT2D eigenvalue weighted by atomic mass is 10.1. The summed E-state index contributed by atoms with van der Waals surface area (Å²) in [6, 6.07) is 9.39. The molecule has 2 aromatic heterocycles. The summed E-state index contributed by atoms with van der Waals surface area (Å²) in [5, 5.41) is 25.3. The summed E-state index contributed by atoms with van der Waals surface area (Å²) in [4.78, 5) is 12.8. The Morgan fingerprint density at radius 3 is 2.61 bits per heavy atom. The Labute approximate surface area is 159 Å². The van der Waals surface area contributed by atoms with Crippen molar-refractivity contribution in [3.8, 4) is 11.3 Å². The molecule has 4 atom stereocenters. The average molecular weight is 407 g/mol. The van der Waals surface area contributed by atoms with Crippen molar-refractivity contribution in [1.82, 2.24) is 19.5 Å². The molecule has 1 saturated heterocycles. The summed E-state index contributed by atoms with van der Waals surface area (Å²) < 4.78 is 33.4. The third-order valence-electron chi connectivity index (χ3n) is 4.41. The molecule has 0 bridgehead atoms. The highest BCUT2D eigenvalue weighted by Crippen LogP contribution is 2.33. The van der Waals surface area contributed by atoms with Crippen molar-refractivity contribution < 1.29 is 27.6 Å². The van der Waals surface area contributed by atoms with Gasteiger partial charge in [-0.05, 0) is 0 Å². The molecule has 4 N–H and O–H groups in total. The Morgan fingerprint density at radius 1 is 1.14 bits per heavy atom. The quantitative estimate of drug-likeness (QED) is 0.498. The predicted octanol–water partition coefficient (Wildman–Crippen LogP) is -0.667. The van der Waals surface area contributed by atoms with Crippen LogP contribution in [0.2, 0.25) is 0 Å². The fourth-order valence-electron chi connectivity index (χ4n) is 3.10. The number of ether oxygens (including phenoxy) is 1. The number of benzene rings is 1. The molecule has 1 aliphatic heterocycles. The van der Waals surface area contributed by atoms with E-state index in [4.69, 9.17) is 9.88 Å². The Balaban J connectivity index is 1.66. The Kier molecular flexibility index (Phi) is 4.82. The average Bonchev–Trinajstić information content (AvgIpc) is 3.22. The van der Waals surface area contributed by atoms with Crippen LogP contribution in [0.5, 0.6) is 0 Å². The zero-order valence-corrected chi connectivity index (χ0v) is 15.2. The topological polar surface area (TPSA) is 163 Å². The summed E-state index contributed by atoms with van der Waals surface area (Å²) in [6.45, 7) is -0.537. The maximum Gasteiger partial charge on any atom is 0.333 e. The maximum atomic E-state index is 11.0. The van der Waals surface area contributed by atoms with Crippen LogP contribution in [0.25, 0.3) is 22.4 Å². The first kappa shape index (κ1) is 18.9. The largest absolute Gasteiger partial charge is 0.387 e. The number of nitrogens with zero attached hydrogens (tertiary/aromatic N) is 4. The van der Waals surface area contributed by atoms with E-state index in [-0.39, 0.29) is 0 Å². The van der Waals surface area contributed by atoms with E-state index in [1.165, 1.54) is 17.2 Å². The number of rotatable bonds is 5. The fourth-order valence-corrected chi connectivity index (χ4v) is 3.43. The Bertz CT molecular complexity index is 1090. The van der Waals surface area contributed by atoms with Crippen LogP contribution in [-0.4, -0.2) is 63.1 Å². The minimum atomic E-state index is -4.21. The number of aliphatic hydroxyl groups is 2. The van der Waals surface area contributed by atoms with Gasteiger partial charge in [0.1, 0.15) is 35.8 Å². The van der Waals surface area contributed by atoms with Crippen LogP contribution < -0.4 is 5.14 Å².